The van der Waals surface area contributed by atoms with Crippen LogP contribution < -0.4 is 10.9 Å². The van der Waals surface area contributed by atoms with E-state index in [-0.39, 0.29) is 7.43 Å². The van der Waals surface area contributed by atoms with E-state index in [0.29, 0.717) is 0 Å². The average molecular weight is 276 g/mol. The van der Waals surface area contributed by atoms with Crippen molar-refractivity contribution in [3.05, 3.63) is 72.3 Å². The van der Waals surface area contributed by atoms with E-state index in [9.17, 15) is 5.02 Å². The monoisotopic (exact) mass is 276 g/mol. The molecule has 0 saturated heterocycles. The Hall–Kier alpha value is -2.06. The lowest BCUT2D eigenvalue weighted by atomic mass is 9.54. The van der Waals surface area contributed by atoms with Gasteiger partial charge in [-0.2, -0.15) is 0 Å². The van der Waals surface area contributed by atoms with Gasteiger partial charge in [-0.1, -0.05) is 81.1 Å². The fourth-order valence-corrected chi connectivity index (χ4v) is 2.65. The van der Waals surface area contributed by atoms with Crippen LogP contribution in [0.4, 0.5) is 0 Å². The van der Waals surface area contributed by atoms with Crippen molar-refractivity contribution >= 4 is 28.6 Å². The van der Waals surface area contributed by atoms with Gasteiger partial charge in [-0.05, 0) is 33.7 Å². The molecule has 0 fully saturated rings. The Morgan fingerprint density at radius 1 is 0.905 bits per heavy atom. The first kappa shape index (κ1) is 15.3. The van der Waals surface area contributed by atoms with Crippen LogP contribution in [0.3, 0.4) is 0 Å². The minimum absolute atomic E-state index is 0. The highest BCUT2D eigenvalue weighted by Crippen LogP contribution is 2.11. The molecule has 1 nitrogen and oxygen atoms in total. The summed E-state index contributed by atoms with van der Waals surface area (Å²) in [6, 6.07) is 22.5. The highest BCUT2D eigenvalue weighted by Gasteiger charge is 2.19. The second-order valence-corrected chi connectivity index (χ2v) is 5.07. The van der Waals surface area contributed by atoms with Crippen LogP contribution in [0, 0.1) is 0 Å². The summed E-state index contributed by atoms with van der Waals surface area (Å²) in [6.45, 7) is 1.55. The first-order valence-electron chi connectivity index (χ1n) is 7.04. The van der Waals surface area contributed by atoms with E-state index in [1.54, 1.807) is 0 Å². The van der Waals surface area contributed by atoms with Crippen molar-refractivity contribution in [1.82, 2.24) is 0 Å². The summed E-state index contributed by atoms with van der Waals surface area (Å²) in [5.74, 6) is 0. The minimum atomic E-state index is -0.576. The number of rotatable bonds is 3. The molecule has 21 heavy (non-hydrogen) atoms. The number of aryl methyl sites for hydroxylation is 1. The molecule has 0 atom stereocenters. The molecule has 3 aromatic carbocycles. The number of hydrogen-bond donors (Lipinski definition) is 1. The van der Waals surface area contributed by atoms with E-state index in [1.807, 2.05) is 36.4 Å². The molecule has 0 aromatic heterocycles. The SMILES string of the molecule is C.CCc1cccc(B(O)c2cccc3ccccc23)c1. The molecule has 0 amide bonds. The molecule has 0 saturated carbocycles. The van der Waals surface area contributed by atoms with Gasteiger partial charge in [0.05, 0.1) is 0 Å². The largest absolute Gasteiger partial charge is 0.443 e. The molecule has 0 heterocycles. The van der Waals surface area contributed by atoms with Crippen LogP contribution in [0.25, 0.3) is 10.8 Å². The van der Waals surface area contributed by atoms with Gasteiger partial charge in [-0.25, -0.2) is 0 Å². The van der Waals surface area contributed by atoms with Crippen LogP contribution in [0.2, 0.25) is 0 Å². The lowest BCUT2D eigenvalue weighted by Crippen LogP contribution is -2.42. The zero-order valence-corrected chi connectivity index (χ0v) is 11.6. The Morgan fingerprint density at radius 3 is 2.43 bits per heavy atom. The Labute approximate surface area is 127 Å². The van der Waals surface area contributed by atoms with Gasteiger partial charge in [0.25, 0.3) is 0 Å². The summed E-state index contributed by atoms with van der Waals surface area (Å²) in [5.41, 5.74) is 3.18. The van der Waals surface area contributed by atoms with Gasteiger partial charge < -0.3 is 5.02 Å². The normalized spacial score (nSPS) is 10.2. The minimum Gasteiger partial charge on any atom is -0.443 e. The molecule has 1 N–H and O–H groups in total. The van der Waals surface area contributed by atoms with E-state index in [0.717, 1.165) is 28.1 Å². The van der Waals surface area contributed by atoms with Gasteiger partial charge in [-0.15, -0.1) is 0 Å². The van der Waals surface area contributed by atoms with Crippen molar-refractivity contribution in [1.29, 1.82) is 0 Å². The maximum atomic E-state index is 10.7. The lowest BCUT2D eigenvalue weighted by molar-refractivity contribution is 0.600. The summed E-state index contributed by atoms with van der Waals surface area (Å²) in [4.78, 5) is 0. The first-order chi connectivity index (χ1) is 9.79. The summed E-state index contributed by atoms with van der Waals surface area (Å²) in [7, 11) is 0. The van der Waals surface area contributed by atoms with Crippen molar-refractivity contribution in [2.45, 2.75) is 20.8 Å². The van der Waals surface area contributed by atoms with E-state index in [1.165, 1.54) is 5.56 Å². The predicted molar refractivity (Wildman–Crippen MR) is 93.7 cm³/mol. The molecule has 0 radical (unpaired) electrons. The van der Waals surface area contributed by atoms with Crippen molar-refractivity contribution < 1.29 is 5.02 Å². The van der Waals surface area contributed by atoms with Crippen molar-refractivity contribution in [3.8, 4) is 0 Å². The molecule has 106 valence electrons. The zero-order chi connectivity index (χ0) is 13.9. The molecule has 2 heteroatoms. The Morgan fingerprint density at radius 2 is 1.62 bits per heavy atom. The molecular weight excluding hydrogens is 255 g/mol. The van der Waals surface area contributed by atoms with Crippen LogP contribution in [0.1, 0.15) is 19.9 Å². The highest BCUT2D eigenvalue weighted by molar-refractivity contribution is 6.80. The average Bonchev–Trinajstić information content (AvgIpc) is 2.53. The van der Waals surface area contributed by atoms with Crippen molar-refractivity contribution in [3.63, 3.8) is 0 Å². The topological polar surface area (TPSA) is 20.2 Å². The smallest absolute Gasteiger partial charge is 0.359 e. The second kappa shape index (κ2) is 6.60. The van der Waals surface area contributed by atoms with E-state index in [2.05, 4.69) is 37.3 Å². The van der Waals surface area contributed by atoms with E-state index in [4.69, 9.17) is 0 Å². The third kappa shape index (κ3) is 3.01. The maximum absolute atomic E-state index is 10.7. The van der Waals surface area contributed by atoms with Crippen molar-refractivity contribution in [2.24, 2.45) is 0 Å². The number of fused-ring (bicyclic) bond motifs is 1. The first-order valence-corrected chi connectivity index (χ1v) is 7.04. The van der Waals surface area contributed by atoms with Gasteiger partial charge in [0.1, 0.15) is 0 Å². The molecule has 0 unspecified atom stereocenters. The molecule has 0 aliphatic heterocycles. The zero-order valence-electron chi connectivity index (χ0n) is 11.6. The standard InChI is InChI=1S/C18H17BO.CH4/c1-2-14-7-5-10-16(13-14)19(20)18-12-6-9-15-8-3-4-11-17(15)18;/h3-13,20H,2H2,1H3;1H4. The Balaban J connectivity index is 0.00000161. The second-order valence-electron chi connectivity index (χ2n) is 5.07. The molecule has 0 aliphatic rings. The van der Waals surface area contributed by atoms with Gasteiger partial charge >= 0.3 is 6.92 Å². The molecule has 0 spiro atoms. The lowest BCUT2D eigenvalue weighted by Gasteiger charge is -2.11. The summed E-state index contributed by atoms with van der Waals surface area (Å²) in [5, 5.41) is 13.0. The fraction of sp³-hybridized carbons (Fsp3) is 0.158. The summed E-state index contributed by atoms with van der Waals surface area (Å²) < 4.78 is 0. The van der Waals surface area contributed by atoms with Gasteiger partial charge in [0, 0.05) is 0 Å². The molecule has 0 bridgehead atoms. The number of benzene rings is 3. The predicted octanol–water partition coefficient (Wildman–Crippen LogP) is 3.14. The molecule has 3 rings (SSSR count). The van der Waals surface area contributed by atoms with Gasteiger partial charge in [0.15, 0.2) is 0 Å². The van der Waals surface area contributed by atoms with Crippen LogP contribution >= 0.6 is 0 Å². The summed E-state index contributed by atoms with van der Waals surface area (Å²) >= 11 is 0. The van der Waals surface area contributed by atoms with Crippen molar-refractivity contribution in [2.75, 3.05) is 0 Å². The van der Waals surface area contributed by atoms with Gasteiger partial charge in [-0.3, -0.25) is 0 Å². The third-order valence-electron chi connectivity index (χ3n) is 3.79. The van der Waals surface area contributed by atoms with Gasteiger partial charge in [0.2, 0.25) is 0 Å². The summed E-state index contributed by atoms with van der Waals surface area (Å²) in [6.07, 6.45) is 0.982. The molecule has 0 aliphatic carbocycles. The quantitative estimate of drug-likeness (QED) is 0.729. The highest BCUT2D eigenvalue weighted by atomic mass is 16.2. The third-order valence-corrected chi connectivity index (χ3v) is 3.79. The Kier molecular flexibility index (Phi) is 4.82. The van der Waals surface area contributed by atoms with E-state index < -0.39 is 6.92 Å². The van der Waals surface area contributed by atoms with Crippen LogP contribution in [0.15, 0.2) is 66.7 Å². The van der Waals surface area contributed by atoms with Crippen LogP contribution in [-0.2, 0) is 6.42 Å². The molecular formula is C19H21BO. The van der Waals surface area contributed by atoms with Crippen LogP contribution in [-0.4, -0.2) is 11.9 Å². The maximum Gasteiger partial charge on any atom is 0.359 e. The number of hydrogen-bond acceptors (Lipinski definition) is 1. The van der Waals surface area contributed by atoms with E-state index >= 15 is 0 Å². The molecule has 3 aromatic rings. The fourth-order valence-electron chi connectivity index (χ4n) is 2.65. The van der Waals surface area contributed by atoms with Crippen LogP contribution in [0.5, 0.6) is 0 Å². The Bertz CT molecular complexity index is 731.